The second kappa shape index (κ2) is 10.5. The molecule has 0 unspecified atom stereocenters. The smallest absolute Gasteiger partial charge is 0.201 e. The van der Waals surface area contributed by atoms with Crippen LogP contribution in [0.5, 0.6) is 0 Å². The predicted octanol–water partition coefficient (Wildman–Crippen LogP) is 6.35. The van der Waals surface area contributed by atoms with Crippen molar-refractivity contribution >= 4 is 44.8 Å². The summed E-state index contributed by atoms with van der Waals surface area (Å²) in [6.45, 7) is 8.90. The summed E-state index contributed by atoms with van der Waals surface area (Å²) in [6, 6.07) is 17.8. The zero-order chi connectivity index (χ0) is 25.3. The van der Waals surface area contributed by atoms with Crippen LogP contribution >= 0.6 is 0 Å². The first-order valence-corrected chi connectivity index (χ1v) is 15.0. The molecule has 4 aliphatic heterocycles. The summed E-state index contributed by atoms with van der Waals surface area (Å²) in [5, 5.41) is 4.98. The van der Waals surface area contributed by atoms with Crippen molar-refractivity contribution in [1.29, 1.82) is 0 Å². The summed E-state index contributed by atoms with van der Waals surface area (Å²) in [6.07, 6.45) is 10.1. The highest BCUT2D eigenvalue weighted by molar-refractivity contribution is 6.17. The van der Waals surface area contributed by atoms with Crippen LogP contribution in [0.3, 0.4) is 0 Å². The molecule has 0 spiro atoms. The third-order valence-corrected chi connectivity index (χ3v) is 8.84. The van der Waals surface area contributed by atoms with E-state index in [9.17, 15) is 0 Å². The number of aliphatic imine (C=N–C) groups is 2. The zero-order valence-corrected chi connectivity index (χ0v) is 22.6. The summed E-state index contributed by atoms with van der Waals surface area (Å²) in [4.78, 5) is 21.1. The number of rotatable bonds is 2. The van der Waals surface area contributed by atoms with Crippen LogP contribution in [0, 0.1) is 0 Å². The van der Waals surface area contributed by atoms with Gasteiger partial charge < -0.3 is 19.6 Å². The average molecular weight is 509 g/mol. The second-order valence-corrected chi connectivity index (χ2v) is 11.4. The van der Waals surface area contributed by atoms with Gasteiger partial charge in [-0.05, 0) is 79.7 Å². The Hall–Kier alpha value is -3.28. The Kier molecular flexibility index (Phi) is 6.56. The van der Waals surface area contributed by atoms with E-state index in [1.165, 1.54) is 84.8 Å². The first kappa shape index (κ1) is 23.8. The molecule has 0 radical (unpaired) electrons. The number of hydrogen-bond acceptors (Lipinski definition) is 2. The molecule has 38 heavy (non-hydrogen) atoms. The van der Waals surface area contributed by atoms with E-state index in [0.29, 0.717) is 0 Å². The van der Waals surface area contributed by atoms with Gasteiger partial charge in [0.05, 0.1) is 11.4 Å². The Morgan fingerprint density at radius 2 is 0.921 bits per heavy atom. The van der Waals surface area contributed by atoms with E-state index < -0.39 is 0 Å². The number of benzene rings is 3. The van der Waals surface area contributed by atoms with Crippen molar-refractivity contribution in [3.63, 3.8) is 0 Å². The molecule has 6 nitrogen and oxygen atoms in total. The number of guanidine groups is 2. The molecule has 0 amide bonds. The molecule has 4 aliphatic rings. The number of fused-ring (bicyclic) bond motifs is 3. The van der Waals surface area contributed by atoms with Gasteiger partial charge in [-0.3, -0.25) is 0 Å². The second-order valence-electron chi connectivity index (χ2n) is 11.4. The Balaban J connectivity index is 1.44. The summed E-state index contributed by atoms with van der Waals surface area (Å²) < 4.78 is 0. The fourth-order valence-electron chi connectivity index (χ4n) is 6.87. The van der Waals surface area contributed by atoms with Crippen LogP contribution in [0.25, 0.3) is 21.5 Å². The van der Waals surface area contributed by atoms with Gasteiger partial charge in [0, 0.05) is 57.7 Å². The number of likely N-dealkylation sites (tertiary alicyclic amines) is 4. The van der Waals surface area contributed by atoms with Crippen LogP contribution in [0.15, 0.2) is 58.5 Å². The van der Waals surface area contributed by atoms with Crippen LogP contribution in [0.4, 0.5) is 11.4 Å². The lowest BCUT2D eigenvalue weighted by atomic mass is 9.99. The van der Waals surface area contributed by atoms with Crippen molar-refractivity contribution in [3.8, 4) is 0 Å². The lowest BCUT2D eigenvalue weighted by Crippen LogP contribution is -2.41. The Morgan fingerprint density at radius 3 is 1.45 bits per heavy atom. The molecule has 4 saturated heterocycles. The fourth-order valence-corrected chi connectivity index (χ4v) is 6.87. The summed E-state index contributed by atoms with van der Waals surface area (Å²) in [5.74, 6) is 2.35. The van der Waals surface area contributed by atoms with E-state index in [4.69, 9.17) is 9.98 Å². The number of nitrogens with zero attached hydrogens (tertiary/aromatic N) is 6. The molecule has 3 aromatic rings. The highest BCUT2D eigenvalue weighted by atomic mass is 15.4. The SMILES string of the molecule is c1ccc2c(c1)cc(N=C(N1CCCC1)N1CCCC1)c1c(N=C(N3CCCC3)N3CCCC3)cccc12. The van der Waals surface area contributed by atoms with E-state index in [1.54, 1.807) is 0 Å². The van der Waals surface area contributed by atoms with E-state index in [1.807, 2.05) is 0 Å². The third kappa shape index (κ3) is 4.48. The first-order chi connectivity index (χ1) is 18.8. The standard InChI is InChI=1S/C32H40N6/c1-2-13-26-25(12-1)24-29(34-32(37-20-7-8-21-37)38-22-9-10-23-38)30-27(26)14-11-15-28(30)33-31(35-16-3-4-17-35)36-18-5-6-19-36/h1-2,11-15,24H,3-10,16-23H2. The van der Waals surface area contributed by atoms with Crippen molar-refractivity contribution in [2.75, 3.05) is 52.4 Å². The van der Waals surface area contributed by atoms with Crippen LogP contribution in [0.1, 0.15) is 51.4 Å². The Morgan fingerprint density at radius 1 is 0.474 bits per heavy atom. The molecule has 0 atom stereocenters. The maximum atomic E-state index is 5.54. The van der Waals surface area contributed by atoms with Gasteiger partial charge in [0.1, 0.15) is 0 Å². The van der Waals surface area contributed by atoms with Crippen LogP contribution in [-0.4, -0.2) is 83.9 Å². The van der Waals surface area contributed by atoms with E-state index in [2.05, 4.69) is 68.1 Å². The maximum absolute atomic E-state index is 5.54. The summed E-state index contributed by atoms with van der Waals surface area (Å²) >= 11 is 0. The topological polar surface area (TPSA) is 37.7 Å². The van der Waals surface area contributed by atoms with Crippen molar-refractivity contribution in [2.24, 2.45) is 9.98 Å². The van der Waals surface area contributed by atoms with Crippen LogP contribution in [0.2, 0.25) is 0 Å². The summed E-state index contributed by atoms with van der Waals surface area (Å²) in [5.41, 5.74) is 2.12. The average Bonchev–Trinajstić information content (AvgIpc) is 3.78. The highest BCUT2D eigenvalue weighted by Gasteiger charge is 2.27. The van der Waals surface area contributed by atoms with Crippen LogP contribution < -0.4 is 0 Å². The first-order valence-electron chi connectivity index (χ1n) is 15.0. The molecular weight excluding hydrogens is 468 g/mol. The van der Waals surface area contributed by atoms with Crippen LogP contribution in [-0.2, 0) is 0 Å². The molecule has 4 heterocycles. The van der Waals surface area contributed by atoms with Gasteiger partial charge in [-0.1, -0.05) is 36.4 Å². The van der Waals surface area contributed by atoms with Gasteiger partial charge in [-0.2, -0.15) is 0 Å². The third-order valence-electron chi connectivity index (χ3n) is 8.84. The molecule has 6 heteroatoms. The summed E-state index contributed by atoms with van der Waals surface area (Å²) in [7, 11) is 0. The minimum absolute atomic E-state index is 1.06. The van der Waals surface area contributed by atoms with E-state index >= 15 is 0 Å². The molecule has 0 bridgehead atoms. The van der Waals surface area contributed by atoms with Crippen molar-refractivity contribution < 1.29 is 0 Å². The van der Waals surface area contributed by atoms with Gasteiger partial charge in [-0.15, -0.1) is 0 Å². The molecule has 4 fully saturated rings. The van der Waals surface area contributed by atoms with E-state index in [-0.39, 0.29) is 0 Å². The molecule has 7 rings (SSSR count). The van der Waals surface area contributed by atoms with Gasteiger partial charge >= 0.3 is 0 Å². The zero-order valence-electron chi connectivity index (χ0n) is 22.6. The molecule has 198 valence electrons. The largest absolute Gasteiger partial charge is 0.343 e. The Labute approximate surface area is 226 Å². The molecule has 0 aromatic heterocycles. The van der Waals surface area contributed by atoms with Gasteiger partial charge in [0.15, 0.2) is 0 Å². The van der Waals surface area contributed by atoms with Crippen molar-refractivity contribution in [1.82, 2.24) is 19.6 Å². The highest BCUT2D eigenvalue weighted by Crippen LogP contribution is 2.40. The molecular formula is C32H40N6. The molecule has 0 aliphatic carbocycles. The predicted molar refractivity (Wildman–Crippen MR) is 159 cm³/mol. The minimum Gasteiger partial charge on any atom is -0.343 e. The molecule has 0 N–H and O–H groups in total. The lowest BCUT2D eigenvalue weighted by Gasteiger charge is -2.29. The normalized spacial score (nSPS) is 19.8. The molecule has 3 aromatic carbocycles. The Bertz CT molecular complexity index is 1320. The molecule has 0 saturated carbocycles. The monoisotopic (exact) mass is 508 g/mol. The minimum atomic E-state index is 1.06. The van der Waals surface area contributed by atoms with Crippen molar-refractivity contribution in [3.05, 3.63) is 48.5 Å². The van der Waals surface area contributed by atoms with Gasteiger partial charge in [0.25, 0.3) is 0 Å². The maximum Gasteiger partial charge on any atom is 0.201 e. The lowest BCUT2D eigenvalue weighted by molar-refractivity contribution is 0.395. The number of hydrogen-bond donors (Lipinski definition) is 0. The fraction of sp³-hybridized carbons (Fsp3) is 0.500. The van der Waals surface area contributed by atoms with E-state index in [0.717, 1.165) is 63.7 Å². The quantitative estimate of drug-likeness (QED) is 0.230. The van der Waals surface area contributed by atoms with Crippen molar-refractivity contribution in [2.45, 2.75) is 51.4 Å². The van der Waals surface area contributed by atoms with Gasteiger partial charge in [-0.25, -0.2) is 9.98 Å². The van der Waals surface area contributed by atoms with Gasteiger partial charge in [0.2, 0.25) is 11.9 Å².